The standard InChI is InChI=1S/C9H12O3S/c1-6-4-7(2)9(13(10)11)8(5-6)12-3/h4-5H,1-3H3,(H,10,11). The lowest BCUT2D eigenvalue weighted by Gasteiger charge is -2.09. The molecule has 0 aliphatic heterocycles. The van der Waals surface area contributed by atoms with Crippen molar-refractivity contribution in [1.82, 2.24) is 0 Å². The second-order valence-electron chi connectivity index (χ2n) is 2.86. The molecule has 0 bridgehead atoms. The topological polar surface area (TPSA) is 46.5 Å². The Balaban J connectivity index is 3.38. The Labute approximate surface area is 80.0 Å². The van der Waals surface area contributed by atoms with Crippen LogP contribution in [0.3, 0.4) is 0 Å². The van der Waals surface area contributed by atoms with Crippen LogP contribution in [0.5, 0.6) is 5.75 Å². The first-order valence-electron chi connectivity index (χ1n) is 3.82. The lowest BCUT2D eigenvalue weighted by Crippen LogP contribution is -1.98. The van der Waals surface area contributed by atoms with E-state index in [0.717, 1.165) is 11.1 Å². The molecule has 1 atom stereocenters. The first-order valence-corrected chi connectivity index (χ1v) is 4.93. The van der Waals surface area contributed by atoms with Gasteiger partial charge in [-0.2, -0.15) is 0 Å². The molecule has 1 N–H and O–H groups in total. The number of hydrogen-bond acceptors (Lipinski definition) is 2. The highest BCUT2D eigenvalue weighted by Crippen LogP contribution is 2.26. The lowest BCUT2D eigenvalue weighted by atomic mass is 10.1. The van der Waals surface area contributed by atoms with E-state index in [-0.39, 0.29) is 0 Å². The third kappa shape index (κ3) is 2.08. The highest BCUT2D eigenvalue weighted by atomic mass is 32.2. The van der Waals surface area contributed by atoms with Gasteiger partial charge in [-0.1, -0.05) is 6.07 Å². The van der Waals surface area contributed by atoms with Crippen LogP contribution in [-0.4, -0.2) is 15.9 Å². The minimum atomic E-state index is -1.99. The Hall–Kier alpha value is -0.870. The Morgan fingerprint density at radius 3 is 2.46 bits per heavy atom. The Bertz CT molecular complexity index is 347. The lowest BCUT2D eigenvalue weighted by molar-refractivity contribution is 0.401. The number of methoxy groups -OCH3 is 1. The van der Waals surface area contributed by atoms with E-state index < -0.39 is 11.1 Å². The molecule has 4 heteroatoms. The van der Waals surface area contributed by atoms with Gasteiger partial charge in [-0.25, -0.2) is 4.21 Å². The largest absolute Gasteiger partial charge is 0.495 e. The van der Waals surface area contributed by atoms with E-state index >= 15 is 0 Å². The maximum atomic E-state index is 10.9. The van der Waals surface area contributed by atoms with Gasteiger partial charge in [0.1, 0.15) is 10.6 Å². The van der Waals surface area contributed by atoms with Gasteiger partial charge in [-0.15, -0.1) is 0 Å². The fraction of sp³-hybridized carbons (Fsp3) is 0.333. The normalized spacial score (nSPS) is 12.6. The quantitative estimate of drug-likeness (QED) is 0.741. The van der Waals surface area contributed by atoms with Crippen LogP contribution >= 0.6 is 0 Å². The van der Waals surface area contributed by atoms with Crippen molar-refractivity contribution in [3.05, 3.63) is 23.3 Å². The minimum absolute atomic E-state index is 0.355. The molecule has 0 fully saturated rings. The van der Waals surface area contributed by atoms with Gasteiger partial charge in [0, 0.05) is 0 Å². The van der Waals surface area contributed by atoms with Crippen molar-refractivity contribution in [3.8, 4) is 5.75 Å². The maximum absolute atomic E-state index is 10.9. The molecule has 0 amide bonds. The molecule has 1 aromatic rings. The molecule has 0 saturated carbocycles. The Morgan fingerprint density at radius 2 is 2.00 bits per heavy atom. The molecular formula is C9H12O3S. The summed E-state index contributed by atoms with van der Waals surface area (Å²) in [5.41, 5.74) is 1.79. The van der Waals surface area contributed by atoms with Gasteiger partial charge >= 0.3 is 0 Å². The van der Waals surface area contributed by atoms with Crippen molar-refractivity contribution in [3.63, 3.8) is 0 Å². The molecular weight excluding hydrogens is 188 g/mol. The van der Waals surface area contributed by atoms with Crippen LogP contribution in [0.1, 0.15) is 11.1 Å². The number of ether oxygens (including phenoxy) is 1. The van der Waals surface area contributed by atoms with Crippen molar-refractivity contribution >= 4 is 11.1 Å². The van der Waals surface area contributed by atoms with E-state index in [0.29, 0.717) is 10.6 Å². The van der Waals surface area contributed by atoms with Gasteiger partial charge in [-0.3, -0.25) is 0 Å². The molecule has 0 radical (unpaired) electrons. The molecule has 3 nitrogen and oxygen atoms in total. The summed E-state index contributed by atoms with van der Waals surface area (Å²) < 4.78 is 25.0. The number of benzene rings is 1. The van der Waals surface area contributed by atoms with Crippen LogP contribution < -0.4 is 4.74 Å². The first kappa shape index (κ1) is 10.2. The van der Waals surface area contributed by atoms with Gasteiger partial charge in [0.25, 0.3) is 0 Å². The van der Waals surface area contributed by atoms with Gasteiger partial charge in [0.15, 0.2) is 11.1 Å². The summed E-state index contributed by atoms with van der Waals surface area (Å²) in [5, 5.41) is 0. The van der Waals surface area contributed by atoms with Gasteiger partial charge < -0.3 is 9.29 Å². The molecule has 0 heterocycles. The monoisotopic (exact) mass is 200 g/mol. The molecule has 13 heavy (non-hydrogen) atoms. The fourth-order valence-electron chi connectivity index (χ4n) is 1.29. The smallest absolute Gasteiger partial charge is 0.190 e. The van der Waals surface area contributed by atoms with Crippen molar-refractivity contribution in [2.24, 2.45) is 0 Å². The summed E-state index contributed by atoms with van der Waals surface area (Å²) in [6.07, 6.45) is 0. The number of aryl methyl sites for hydroxylation is 2. The summed E-state index contributed by atoms with van der Waals surface area (Å²) in [7, 11) is 1.49. The fourth-order valence-corrected chi connectivity index (χ4v) is 1.94. The summed E-state index contributed by atoms with van der Waals surface area (Å²) in [6.45, 7) is 3.71. The highest BCUT2D eigenvalue weighted by Gasteiger charge is 2.12. The van der Waals surface area contributed by atoms with E-state index in [1.165, 1.54) is 7.11 Å². The zero-order chi connectivity index (χ0) is 10.0. The van der Waals surface area contributed by atoms with Crippen LogP contribution in [0.2, 0.25) is 0 Å². The third-order valence-corrected chi connectivity index (χ3v) is 2.65. The third-order valence-electron chi connectivity index (χ3n) is 1.78. The zero-order valence-corrected chi connectivity index (χ0v) is 8.64. The van der Waals surface area contributed by atoms with Crippen molar-refractivity contribution in [1.29, 1.82) is 0 Å². The highest BCUT2D eigenvalue weighted by molar-refractivity contribution is 7.79. The van der Waals surface area contributed by atoms with Crippen LogP contribution in [-0.2, 0) is 11.1 Å². The van der Waals surface area contributed by atoms with Gasteiger partial charge in [-0.05, 0) is 31.0 Å². The molecule has 1 unspecified atom stereocenters. The molecule has 1 aromatic carbocycles. The van der Waals surface area contributed by atoms with E-state index in [2.05, 4.69) is 0 Å². The average molecular weight is 200 g/mol. The average Bonchev–Trinajstić information content (AvgIpc) is 2.01. The van der Waals surface area contributed by atoms with Crippen molar-refractivity contribution in [2.75, 3.05) is 7.11 Å². The van der Waals surface area contributed by atoms with Crippen LogP contribution in [0.4, 0.5) is 0 Å². The van der Waals surface area contributed by atoms with Gasteiger partial charge in [0.05, 0.1) is 7.11 Å². The molecule has 0 saturated heterocycles. The minimum Gasteiger partial charge on any atom is -0.495 e. The van der Waals surface area contributed by atoms with Crippen LogP contribution in [0.25, 0.3) is 0 Å². The SMILES string of the molecule is COc1cc(C)cc(C)c1S(=O)O. The van der Waals surface area contributed by atoms with Crippen LogP contribution in [0, 0.1) is 13.8 Å². The first-order chi connectivity index (χ1) is 6.06. The summed E-state index contributed by atoms with van der Waals surface area (Å²) in [6, 6.07) is 3.60. The summed E-state index contributed by atoms with van der Waals surface area (Å²) in [5.74, 6) is 0.471. The molecule has 0 spiro atoms. The van der Waals surface area contributed by atoms with Gasteiger partial charge in [0.2, 0.25) is 0 Å². The van der Waals surface area contributed by atoms with E-state index in [1.54, 1.807) is 13.0 Å². The maximum Gasteiger partial charge on any atom is 0.190 e. The van der Waals surface area contributed by atoms with E-state index in [4.69, 9.17) is 9.29 Å². The molecule has 0 aliphatic rings. The van der Waals surface area contributed by atoms with Crippen LogP contribution in [0.15, 0.2) is 17.0 Å². The molecule has 0 aromatic heterocycles. The summed E-state index contributed by atoms with van der Waals surface area (Å²) in [4.78, 5) is 0.355. The van der Waals surface area contributed by atoms with Crippen molar-refractivity contribution in [2.45, 2.75) is 18.7 Å². The second-order valence-corrected chi connectivity index (χ2v) is 3.77. The molecule has 0 aliphatic carbocycles. The molecule has 72 valence electrons. The van der Waals surface area contributed by atoms with E-state index in [9.17, 15) is 4.21 Å². The number of rotatable bonds is 2. The zero-order valence-electron chi connectivity index (χ0n) is 7.83. The van der Waals surface area contributed by atoms with E-state index in [1.807, 2.05) is 13.0 Å². The predicted octanol–water partition coefficient (Wildman–Crippen LogP) is 1.89. The molecule has 1 rings (SSSR count). The Morgan fingerprint density at radius 1 is 1.38 bits per heavy atom. The summed E-state index contributed by atoms with van der Waals surface area (Å²) >= 11 is -1.99. The predicted molar refractivity (Wildman–Crippen MR) is 51.5 cm³/mol. The second kappa shape index (κ2) is 3.89. The van der Waals surface area contributed by atoms with Crippen molar-refractivity contribution < 1.29 is 13.5 Å². The number of hydrogen-bond donors (Lipinski definition) is 1. The Kier molecular flexibility index (Phi) is 3.06.